The monoisotopic (exact) mass is 365 g/mol. The number of rotatable bonds is 0. The molecule has 2 nitrogen and oxygen atoms in total. The van der Waals surface area contributed by atoms with Crippen molar-refractivity contribution in [1.29, 1.82) is 0 Å². The first-order valence-corrected chi connectivity index (χ1v) is 10.4. The third-order valence-corrected chi connectivity index (χ3v) is 9.28. The Hall–Kier alpha value is -1.74. The molecule has 0 saturated carbocycles. The third kappa shape index (κ3) is 1.49. The lowest BCUT2D eigenvalue weighted by Crippen LogP contribution is -2.62. The second-order valence-corrected chi connectivity index (χ2v) is 10.3. The molecule has 0 N–H and O–H groups in total. The van der Waals surface area contributed by atoms with E-state index in [2.05, 4.69) is 77.6 Å². The van der Waals surface area contributed by atoms with Crippen LogP contribution in [0.25, 0.3) is 10.3 Å². The van der Waals surface area contributed by atoms with E-state index in [0.717, 1.165) is 4.90 Å². The highest BCUT2D eigenvalue weighted by atomic mass is 32.1. The predicted molar refractivity (Wildman–Crippen MR) is 110 cm³/mol. The van der Waals surface area contributed by atoms with Crippen LogP contribution >= 0.6 is 11.3 Å². The van der Waals surface area contributed by atoms with Gasteiger partial charge in [-0.2, -0.15) is 0 Å². The van der Waals surface area contributed by atoms with Gasteiger partial charge in [-0.1, -0.05) is 45.9 Å². The zero-order valence-corrected chi connectivity index (χ0v) is 17.5. The number of furan rings is 1. The van der Waals surface area contributed by atoms with Crippen LogP contribution in [0.2, 0.25) is 0 Å². The van der Waals surface area contributed by atoms with Crippen molar-refractivity contribution in [3.05, 3.63) is 52.1 Å². The van der Waals surface area contributed by atoms with Gasteiger partial charge in [0.25, 0.3) is 0 Å². The van der Waals surface area contributed by atoms with Crippen molar-refractivity contribution in [2.75, 3.05) is 4.90 Å². The summed E-state index contributed by atoms with van der Waals surface area (Å²) in [5.74, 6) is 0. The first-order valence-electron chi connectivity index (χ1n) is 9.54. The van der Waals surface area contributed by atoms with E-state index in [4.69, 9.17) is 4.42 Å². The fraction of sp³-hybridized carbons (Fsp3) is 0.478. The summed E-state index contributed by atoms with van der Waals surface area (Å²) in [7, 11) is 0. The van der Waals surface area contributed by atoms with Crippen molar-refractivity contribution in [1.82, 2.24) is 0 Å². The van der Waals surface area contributed by atoms with E-state index in [1.807, 2.05) is 17.6 Å². The third-order valence-electron chi connectivity index (χ3n) is 8.01. The maximum Gasteiger partial charge on any atom is 0.188 e. The van der Waals surface area contributed by atoms with Gasteiger partial charge in [0.15, 0.2) is 4.90 Å². The van der Waals surface area contributed by atoms with Gasteiger partial charge in [0, 0.05) is 26.9 Å². The maximum absolute atomic E-state index is 5.80. The van der Waals surface area contributed by atoms with Gasteiger partial charge in [-0.05, 0) is 43.4 Å². The van der Waals surface area contributed by atoms with Crippen LogP contribution in [0.4, 0.5) is 5.69 Å². The molecule has 2 aromatic heterocycles. The molecular weight excluding hydrogens is 338 g/mol. The van der Waals surface area contributed by atoms with Gasteiger partial charge in [-0.15, -0.1) is 11.3 Å². The second kappa shape index (κ2) is 4.56. The molecule has 136 valence electrons. The van der Waals surface area contributed by atoms with Crippen molar-refractivity contribution >= 4 is 27.3 Å². The number of hydrogen-bond donors (Lipinski definition) is 0. The minimum Gasteiger partial charge on any atom is -0.454 e. The molecule has 3 heteroatoms. The van der Waals surface area contributed by atoms with Gasteiger partial charge in [-0.25, -0.2) is 0 Å². The smallest absolute Gasteiger partial charge is 0.188 e. The highest BCUT2D eigenvalue weighted by Gasteiger charge is 2.64. The van der Waals surface area contributed by atoms with Crippen molar-refractivity contribution in [2.45, 2.75) is 65.5 Å². The number of anilines is 1. The van der Waals surface area contributed by atoms with Crippen LogP contribution in [-0.2, 0) is 11.0 Å². The van der Waals surface area contributed by atoms with Crippen LogP contribution in [0.5, 0.6) is 0 Å². The normalized spacial score (nSPS) is 28.1. The van der Waals surface area contributed by atoms with E-state index in [1.165, 1.54) is 32.6 Å². The highest BCUT2D eigenvalue weighted by Crippen LogP contribution is 2.69. The Morgan fingerprint density at radius 1 is 1.08 bits per heavy atom. The molecule has 2 unspecified atom stereocenters. The maximum atomic E-state index is 5.80. The number of aryl methyl sites for hydroxylation is 1. The van der Waals surface area contributed by atoms with Gasteiger partial charge in [0.1, 0.15) is 0 Å². The van der Waals surface area contributed by atoms with E-state index >= 15 is 0 Å². The number of nitrogens with zero attached hydrogens (tertiary/aromatic N) is 1. The standard InChI is InChI=1S/C23H27NOS/c1-13-9-8-10-16-18(13)24-14(2)19-17(15-11-12-25-20(15)26-19)23(24,7)22(5,6)21(16,3)4/h8-12,14H,1-7H3. The fourth-order valence-electron chi connectivity index (χ4n) is 5.72. The van der Waals surface area contributed by atoms with E-state index in [1.54, 1.807) is 0 Å². The van der Waals surface area contributed by atoms with Gasteiger partial charge in [0.05, 0.1) is 17.8 Å². The minimum absolute atomic E-state index is 0.0472. The molecule has 3 aromatic rings. The molecule has 0 spiro atoms. The summed E-state index contributed by atoms with van der Waals surface area (Å²) in [4.78, 5) is 5.27. The lowest BCUT2D eigenvalue weighted by molar-refractivity contribution is 0.0660. The minimum atomic E-state index is -0.0769. The van der Waals surface area contributed by atoms with Crippen LogP contribution in [0.15, 0.2) is 34.9 Å². The average molecular weight is 366 g/mol. The Labute approximate surface area is 159 Å². The summed E-state index contributed by atoms with van der Waals surface area (Å²) in [6.45, 7) is 16.9. The van der Waals surface area contributed by atoms with Crippen LogP contribution in [0, 0.1) is 12.3 Å². The van der Waals surface area contributed by atoms with Crippen LogP contribution in [0.1, 0.15) is 69.2 Å². The van der Waals surface area contributed by atoms with Gasteiger partial charge in [-0.3, -0.25) is 0 Å². The molecule has 0 amide bonds. The Bertz CT molecular complexity index is 1050. The number of fused-ring (bicyclic) bond motifs is 7. The Kier molecular flexibility index (Phi) is 2.88. The molecule has 2 atom stereocenters. The van der Waals surface area contributed by atoms with Crippen molar-refractivity contribution < 1.29 is 4.42 Å². The molecule has 0 bridgehead atoms. The lowest BCUT2D eigenvalue weighted by Gasteiger charge is -2.62. The molecule has 2 aliphatic rings. The van der Waals surface area contributed by atoms with Gasteiger partial charge < -0.3 is 9.32 Å². The van der Waals surface area contributed by atoms with Gasteiger partial charge in [0.2, 0.25) is 0 Å². The molecule has 0 saturated heterocycles. The summed E-state index contributed by atoms with van der Waals surface area (Å²) >= 11 is 1.84. The highest BCUT2D eigenvalue weighted by molar-refractivity contribution is 7.18. The summed E-state index contributed by atoms with van der Waals surface area (Å²) in [6.07, 6.45) is 1.85. The zero-order chi connectivity index (χ0) is 18.6. The average Bonchev–Trinajstić information content (AvgIpc) is 3.19. The molecule has 26 heavy (non-hydrogen) atoms. The number of hydrogen-bond acceptors (Lipinski definition) is 3. The zero-order valence-electron chi connectivity index (χ0n) is 16.7. The molecule has 0 fully saturated rings. The molecule has 0 aliphatic carbocycles. The van der Waals surface area contributed by atoms with E-state index in [-0.39, 0.29) is 16.4 Å². The summed E-state index contributed by atoms with van der Waals surface area (Å²) < 4.78 is 5.80. The SMILES string of the molecule is Cc1cccc2c1N1C(C)c3sc4occc4c3C1(C)C(C)(C)C2(C)C. The lowest BCUT2D eigenvalue weighted by atomic mass is 9.51. The summed E-state index contributed by atoms with van der Waals surface area (Å²) in [5.41, 5.74) is 5.81. The number of benzene rings is 1. The van der Waals surface area contributed by atoms with Crippen LogP contribution in [-0.4, -0.2) is 0 Å². The largest absolute Gasteiger partial charge is 0.454 e. The first kappa shape index (κ1) is 16.4. The number of para-hydroxylation sites is 1. The number of thiophene rings is 1. The molecule has 0 radical (unpaired) electrons. The molecular formula is C23H27NOS. The molecule has 4 heterocycles. The quantitative estimate of drug-likeness (QED) is 0.430. The van der Waals surface area contributed by atoms with Crippen LogP contribution < -0.4 is 4.90 Å². The second-order valence-electron chi connectivity index (χ2n) is 9.30. The topological polar surface area (TPSA) is 16.4 Å². The van der Waals surface area contributed by atoms with Crippen molar-refractivity contribution in [2.24, 2.45) is 5.41 Å². The van der Waals surface area contributed by atoms with Gasteiger partial charge >= 0.3 is 0 Å². The molecule has 1 aromatic carbocycles. The van der Waals surface area contributed by atoms with E-state index < -0.39 is 0 Å². The first-order chi connectivity index (χ1) is 12.1. The predicted octanol–water partition coefficient (Wildman–Crippen LogP) is 6.92. The van der Waals surface area contributed by atoms with Crippen molar-refractivity contribution in [3.63, 3.8) is 0 Å². The van der Waals surface area contributed by atoms with Crippen molar-refractivity contribution in [3.8, 4) is 0 Å². The molecule has 2 aliphatic heterocycles. The van der Waals surface area contributed by atoms with E-state index in [9.17, 15) is 0 Å². The Morgan fingerprint density at radius 2 is 1.81 bits per heavy atom. The van der Waals surface area contributed by atoms with Crippen LogP contribution in [0.3, 0.4) is 0 Å². The summed E-state index contributed by atoms with van der Waals surface area (Å²) in [6, 6.07) is 9.36. The molecule has 5 rings (SSSR count). The van der Waals surface area contributed by atoms with E-state index in [0.29, 0.717) is 6.04 Å². The fourth-order valence-corrected chi connectivity index (χ4v) is 6.99. The summed E-state index contributed by atoms with van der Waals surface area (Å²) in [5, 5.41) is 1.31. The Balaban J connectivity index is 1.95. The Morgan fingerprint density at radius 3 is 2.54 bits per heavy atom.